The van der Waals surface area contributed by atoms with Crippen LogP contribution >= 0.6 is 11.3 Å². The van der Waals surface area contributed by atoms with Gasteiger partial charge in [-0.3, -0.25) is 0 Å². The molecule has 4 nitrogen and oxygen atoms in total. The van der Waals surface area contributed by atoms with E-state index in [1.54, 1.807) is 19.1 Å². The second kappa shape index (κ2) is 4.47. The van der Waals surface area contributed by atoms with Gasteiger partial charge >= 0.3 is 0 Å². The predicted molar refractivity (Wildman–Crippen MR) is 73.0 cm³/mol. The Kier molecular flexibility index (Phi) is 2.79. The average Bonchev–Trinajstić information content (AvgIpc) is 2.82. The van der Waals surface area contributed by atoms with Crippen LogP contribution in [0.5, 0.6) is 11.6 Å². The van der Waals surface area contributed by atoms with E-state index >= 15 is 0 Å². The van der Waals surface area contributed by atoms with Crippen molar-refractivity contribution in [3.8, 4) is 11.6 Å². The van der Waals surface area contributed by atoms with Crippen molar-refractivity contribution in [3.05, 3.63) is 41.0 Å². The maximum Gasteiger partial charge on any atom is 0.232 e. The molecule has 0 aliphatic heterocycles. The Bertz CT molecular complexity index is 757. The van der Waals surface area contributed by atoms with E-state index in [0.717, 1.165) is 10.2 Å². The van der Waals surface area contributed by atoms with Crippen LogP contribution in [0.25, 0.3) is 10.2 Å². The van der Waals surface area contributed by atoms with Gasteiger partial charge < -0.3 is 10.5 Å². The van der Waals surface area contributed by atoms with Gasteiger partial charge in [-0.2, -0.15) is 4.98 Å². The van der Waals surface area contributed by atoms with Gasteiger partial charge in [-0.05, 0) is 42.1 Å². The highest BCUT2D eigenvalue weighted by molar-refractivity contribution is 7.16. The zero-order valence-corrected chi connectivity index (χ0v) is 10.9. The fourth-order valence-electron chi connectivity index (χ4n) is 1.71. The highest BCUT2D eigenvalue weighted by Crippen LogP contribution is 2.31. The van der Waals surface area contributed by atoms with E-state index in [1.165, 1.54) is 17.4 Å². The Morgan fingerprint density at radius 3 is 2.89 bits per heavy atom. The second-order valence-electron chi connectivity index (χ2n) is 4.04. The van der Waals surface area contributed by atoms with E-state index in [4.69, 9.17) is 10.5 Å². The van der Waals surface area contributed by atoms with Crippen molar-refractivity contribution in [1.82, 2.24) is 9.97 Å². The summed E-state index contributed by atoms with van der Waals surface area (Å²) in [6, 6.07) is 6.40. The summed E-state index contributed by atoms with van der Waals surface area (Å²) in [5.41, 5.74) is 6.15. The minimum absolute atomic E-state index is 0.156. The molecule has 0 saturated carbocycles. The van der Waals surface area contributed by atoms with Crippen LogP contribution in [0.2, 0.25) is 0 Å². The molecule has 0 amide bonds. The molecule has 2 heterocycles. The molecule has 3 aromatic rings. The van der Waals surface area contributed by atoms with Gasteiger partial charge in [0.15, 0.2) is 0 Å². The molecule has 0 unspecified atom stereocenters. The first kappa shape index (κ1) is 11.9. The predicted octanol–water partition coefficient (Wildman–Crippen LogP) is 3.51. The molecular formula is C13H10FN3OS. The summed E-state index contributed by atoms with van der Waals surface area (Å²) in [7, 11) is 0. The average molecular weight is 275 g/mol. The molecule has 0 aliphatic rings. The van der Waals surface area contributed by atoms with E-state index in [9.17, 15) is 4.39 Å². The van der Waals surface area contributed by atoms with Crippen LogP contribution in [-0.2, 0) is 0 Å². The van der Waals surface area contributed by atoms with Gasteiger partial charge in [-0.1, -0.05) is 0 Å². The van der Waals surface area contributed by atoms with Crippen molar-refractivity contribution in [3.63, 3.8) is 0 Å². The van der Waals surface area contributed by atoms with Gasteiger partial charge in [0.1, 0.15) is 16.4 Å². The van der Waals surface area contributed by atoms with Gasteiger partial charge in [-0.25, -0.2) is 9.37 Å². The monoisotopic (exact) mass is 275 g/mol. The molecule has 0 fully saturated rings. The van der Waals surface area contributed by atoms with Crippen LogP contribution in [0.1, 0.15) is 5.56 Å². The van der Waals surface area contributed by atoms with Crippen LogP contribution < -0.4 is 10.5 Å². The Balaban J connectivity index is 2.04. The van der Waals surface area contributed by atoms with Crippen LogP contribution in [-0.4, -0.2) is 9.97 Å². The van der Waals surface area contributed by atoms with Crippen LogP contribution in [0.15, 0.2) is 29.6 Å². The standard InChI is InChI=1S/C13H10FN3OS/c1-7-6-8(2-3-10(7)14)18-11-9-4-5-19-12(9)17-13(15)16-11/h2-6H,1H3,(H2,15,16,17). The molecule has 0 radical (unpaired) electrons. The van der Waals surface area contributed by atoms with Crippen LogP contribution in [0.4, 0.5) is 10.3 Å². The quantitative estimate of drug-likeness (QED) is 0.777. The maximum absolute atomic E-state index is 13.2. The van der Waals surface area contributed by atoms with Gasteiger partial charge in [0, 0.05) is 0 Å². The minimum atomic E-state index is -0.268. The van der Waals surface area contributed by atoms with Crippen LogP contribution in [0.3, 0.4) is 0 Å². The molecule has 0 spiro atoms. The fraction of sp³-hybridized carbons (Fsp3) is 0.0769. The largest absolute Gasteiger partial charge is 0.438 e. The number of nitrogen functional groups attached to an aromatic ring is 1. The summed E-state index contributed by atoms with van der Waals surface area (Å²) in [6.45, 7) is 1.68. The van der Waals surface area contributed by atoms with E-state index in [0.29, 0.717) is 17.2 Å². The smallest absolute Gasteiger partial charge is 0.232 e. The fourth-order valence-corrected chi connectivity index (χ4v) is 2.48. The number of anilines is 1. The first-order valence-electron chi connectivity index (χ1n) is 5.58. The van der Waals surface area contributed by atoms with E-state index in [2.05, 4.69) is 9.97 Å². The Hall–Kier alpha value is -2.21. The lowest BCUT2D eigenvalue weighted by atomic mass is 10.2. The molecule has 0 atom stereocenters. The Morgan fingerprint density at radius 1 is 1.26 bits per heavy atom. The lowest BCUT2D eigenvalue weighted by molar-refractivity contribution is 0.467. The first-order chi connectivity index (χ1) is 9.13. The zero-order valence-electron chi connectivity index (χ0n) is 10.1. The molecule has 0 saturated heterocycles. The number of rotatable bonds is 2. The van der Waals surface area contributed by atoms with Gasteiger partial charge in [0.2, 0.25) is 11.8 Å². The third kappa shape index (κ3) is 2.22. The number of nitrogens with two attached hydrogens (primary N) is 1. The molecule has 96 valence electrons. The van der Waals surface area contributed by atoms with Crippen molar-refractivity contribution in [1.29, 1.82) is 0 Å². The number of fused-ring (bicyclic) bond motifs is 1. The van der Waals surface area contributed by atoms with Crippen molar-refractivity contribution < 1.29 is 9.13 Å². The molecule has 0 aliphatic carbocycles. The Labute approximate surface area is 112 Å². The molecule has 1 aromatic carbocycles. The second-order valence-corrected chi connectivity index (χ2v) is 4.93. The lowest BCUT2D eigenvalue weighted by Gasteiger charge is -2.07. The number of halogens is 1. The molecule has 2 aromatic heterocycles. The number of hydrogen-bond donors (Lipinski definition) is 1. The van der Waals surface area contributed by atoms with E-state index in [-0.39, 0.29) is 11.8 Å². The van der Waals surface area contributed by atoms with E-state index in [1.807, 2.05) is 11.4 Å². The normalized spacial score (nSPS) is 10.8. The maximum atomic E-state index is 13.2. The van der Waals surface area contributed by atoms with Gasteiger partial charge in [-0.15, -0.1) is 11.3 Å². The summed E-state index contributed by atoms with van der Waals surface area (Å²) in [6.07, 6.45) is 0. The molecule has 6 heteroatoms. The number of aromatic nitrogens is 2. The number of benzene rings is 1. The molecule has 2 N–H and O–H groups in total. The molecular weight excluding hydrogens is 265 g/mol. The minimum Gasteiger partial charge on any atom is -0.438 e. The third-order valence-corrected chi connectivity index (χ3v) is 3.46. The summed E-state index contributed by atoms with van der Waals surface area (Å²) in [5.74, 6) is 0.790. The number of aryl methyl sites for hydroxylation is 1. The first-order valence-corrected chi connectivity index (χ1v) is 6.46. The Morgan fingerprint density at radius 2 is 2.11 bits per heavy atom. The topological polar surface area (TPSA) is 61.0 Å². The van der Waals surface area contributed by atoms with E-state index < -0.39 is 0 Å². The SMILES string of the molecule is Cc1cc(Oc2nc(N)nc3sccc23)ccc1F. The summed E-state index contributed by atoms with van der Waals surface area (Å²) < 4.78 is 18.9. The molecule has 0 bridgehead atoms. The summed E-state index contributed by atoms with van der Waals surface area (Å²) in [4.78, 5) is 8.96. The zero-order chi connectivity index (χ0) is 13.4. The van der Waals surface area contributed by atoms with Gasteiger partial charge in [0.05, 0.1) is 5.39 Å². The highest BCUT2D eigenvalue weighted by Gasteiger charge is 2.10. The number of nitrogens with zero attached hydrogens (tertiary/aromatic N) is 2. The van der Waals surface area contributed by atoms with Crippen molar-refractivity contribution in [2.45, 2.75) is 6.92 Å². The van der Waals surface area contributed by atoms with Gasteiger partial charge in [0.25, 0.3) is 0 Å². The number of hydrogen-bond acceptors (Lipinski definition) is 5. The van der Waals surface area contributed by atoms with Crippen molar-refractivity contribution >= 4 is 27.5 Å². The third-order valence-electron chi connectivity index (χ3n) is 2.65. The lowest BCUT2D eigenvalue weighted by Crippen LogP contribution is -1.97. The molecule has 19 heavy (non-hydrogen) atoms. The summed E-state index contributed by atoms with van der Waals surface area (Å²) >= 11 is 1.46. The number of thiophene rings is 1. The van der Waals surface area contributed by atoms with Crippen LogP contribution in [0, 0.1) is 12.7 Å². The molecule has 3 rings (SSSR count). The highest BCUT2D eigenvalue weighted by atomic mass is 32.1. The van der Waals surface area contributed by atoms with Crippen molar-refractivity contribution in [2.24, 2.45) is 0 Å². The van der Waals surface area contributed by atoms with Crippen molar-refractivity contribution in [2.75, 3.05) is 5.73 Å². The number of ether oxygens (including phenoxy) is 1. The summed E-state index contributed by atoms with van der Waals surface area (Å²) in [5, 5.41) is 2.68.